The molecule has 98 valence electrons. The largest absolute Gasteiger partial charge is 0.347 e. The lowest BCUT2D eigenvalue weighted by Crippen LogP contribution is -2.21. The Labute approximate surface area is 120 Å². The fraction of sp³-hybridized carbons (Fsp3) is 0.500. The number of aryl methyl sites for hydroxylation is 1. The average Bonchev–Trinajstić information content (AvgIpc) is 2.97. The molecule has 2 rings (SSSR count). The van der Waals surface area contributed by atoms with E-state index in [9.17, 15) is 9.59 Å². The molecule has 0 radical (unpaired) electrons. The first-order valence-corrected chi connectivity index (χ1v) is 6.73. The molecular formula is C12H12Cl3NO2. The highest BCUT2D eigenvalue weighted by Crippen LogP contribution is 2.34. The molecular weight excluding hydrogens is 296 g/mol. The number of halogens is 3. The quantitative estimate of drug-likeness (QED) is 0.630. The summed E-state index contributed by atoms with van der Waals surface area (Å²) in [6, 6.07) is 1.49. The second-order valence-corrected chi connectivity index (χ2v) is 6.90. The molecule has 0 aliphatic heterocycles. The highest BCUT2D eigenvalue weighted by Gasteiger charge is 2.34. The van der Waals surface area contributed by atoms with E-state index in [1.807, 2.05) is 0 Å². The summed E-state index contributed by atoms with van der Waals surface area (Å²) >= 11 is 16.7. The molecule has 1 aromatic heterocycles. The molecule has 1 heterocycles. The van der Waals surface area contributed by atoms with Crippen LogP contribution in [0.25, 0.3) is 0 Å². The van der Waals surface area contributed by atoms with Crippen LogP contribution >= 0.6 is 34.8 Å². The van der Waals surface area contributed by atoms with Crippen LogP contribution in [-0.4, -0.2) is 19.9 Å². The molecule has 1 fully saturated rings. The summed E-state index contributed by atoms with van der Waals surface area (Å²) in [6.07, 6.45) is 4.36. The Morgan fingerprint density at radius 1 is 1.39 bits per heavy atom. The molecule has 1 aromatic rings. The molecule has 0 saturated heterocycles. The first-order valence-electron chi connectivity index (χ1n) is 5.60. The first kappa shape index (κ1) is 13.9. The van der Waals surface area contributed by atoms with E-state index in [0.717, 1.165) is 12.8 Å². The second kappa shape index (κ2) is 4.87. The number of hydrogen-bond acceptors (Lipinski definition) is 2. The molecule has 0 unspecified atom stereocenters. The highest BCUT2D eigenvalue weighted by atomic mass is 35.6. The van der Waals surface area contributed by atoms with Crippen LogP contribution in [0.4, 0.5) is 0 Å². The zero-order chi connectivity index (χ0) is 13.5. The maximum absolute atomic E-state index is 11.9. The van der Waals surface area contributed by atoms with Crippen LogP contribution in [0.3, 0.4) is 0 Å². The molecule has 1 saturated carbocycles. The van der Waals surface area contributed by atoms with Crippen LogP contribution in [-0.2, 0) is 7.05 Å². The van der Waals surface area contributed by atoms with E-state index in [4.69, 9.17) is 34.8 Å². The number of nitrogens with zero attached hydrogens (tertiary/aromatic N) is 1. The van der Waals surface area contributed by atoms with Crippen molar-refractivity contribution in [1.82, 2.24) is 4.57 Å². The molecule has 1 aliphatic rings. The lowest BCUT2D eigenvalue weighted by molar-refractivity contribution is 0.0974. The van der Waals surface area contributed by atoms with Crippen LogP contribution in [0.2, 0.25) is 0 Å². The van der Waals surface area contributed by atoms with E-state index in [0.29, 0.717) is 17.9 Å². The molecule has 0 N–H and O–H groups in total. The Morgan fingerprint density at radius 3 is 2.50 bits per heavy atom. The summed E-state index contributed by atoms with van der Waals surface area (Å²) < 4.78 is -0.479. The number of hydrogen-bond donors (Lipinski definition) is 0. The maximum Gasteiger partial charge on any atom is 0.255 e. The van der Waals surface area contributed by atoms with E-state index in [-0.39, 0.29) is 11.5 Å². The van der Waals surface area contributed by atoms with Crippen molar-refractivity contribution in [2.24, 2.45) is 13.0 Å². The number of carbonyl (C=O) groups is 2. The lowest BCUT2D eigenvalue weighted by Gasteiger charge is -2.09. The van der Waals surface area contributed by atoms with Crippen molar-refractivity contribution in [2.75, 3.05) is 0 Å². The van der Waals surface area contributed by atoms with Gasteiger partial charge in [0, 0.05) is 25.2 Å². The standard InChI is InChI=1S/C12H12Cl3NO2/c1-16-6-8(10(17)4-7-2-3-7)5-9(16)11(18)12(13,14)15/h5-7H,2-4H2,1H3. The van der Waals surface area contributed by atoms with Crippen molar-refractivity contribution in [3.05, 3.63) is 23.5 Å². The van der Waals surface area contributed by atoms with Gasteiger partial charge in [0.05, 0.1) is 5.69 Å². The normalized spacial score (nSPS) is 15.8. The minimum absolute atomic E-state index is 0.0384. The molecule has 6 heteroatoms. The van der Waals surface area contributed by atoms with Gasteiger partial charge in [-0.1, -0.05) is 34.8 Å². The van der Waals surface area contributed by atoms with Crippen molar-refractivity contribution in [1.29, 1.82) is 0 Å². The van der Waals surface area contributed by atoms with Gasteiger partial charge in [0.15, 0.2) is 5.78 Å². The van der Waals surface area contributed by atoms with Crippen LogP contribution in [0, 0.1) is 5.92 Å². The molecule has 1 aliphatic carbocycles. The van der Waals surface area contributed by atoms with Gasteiger partial charge in [0.1, 0.15) is 0 Å². The Morgan fingerprint density at radius 2 is 2.00 bits per heavy atom. The van der Waals surface area contributed by atoms with Crippen LogP contribution < -0.4 is 0 Å². The van der Waals surface area contributed by atoms with Gasteiger partial charge >= 0.3 is 0 Å². The number of alkyl halides is 3. The summed E-state index contributed by atoms with van der Waals surface area (Å²) in [7, 11) is 1.65. The third-order valence-corrected chi connectivity index (χ3v) is 3.50. The minimum Gasteiger partial charge on any atom is -0.347 e. The molecule has 18 heavy (non-hydrogen) atoms. The van der Waals surface area contributed by atoms with Crippen molar-refractivity contribution in [2.45, 2.75) is 23.1 Å². The number of aromatic nitrogens is 1. The third kappa shape index (κ3) is 3.08. The Hall–Kier alpha value is -0.510. The van der Waals surface area contributed by atoms with Crippen molar-refractivity contribution in [3.63, 3.8) is 0 Å². The average molecular weight is 309 g/mol. The SMILES string of the molecule is Cn1cc(C(=O)CC2CC2)cc1C(=O)C(Cl)(Cl)Cl. The Bertz CT molecular complexity index is 498. The zero-order valence-corrected chi connectivity index (χ0v) is 12.0. The third-order valence-electron chi connectivity index (χ3n) is 2.99. The highest BCUT2D eigenvalue weighted by molar-refractivity contribution is 6.77. The molecule has 3 nitrogen and oxygen atoms in total. The monoisotopic (exact) mass is 307 g/mol. The maximum atomic E-state index is 11.9. The van der Waals surface area contributed by atoms with Gasteiger partial charge in [-0.3, -0.25) is 9.59 Å². The van der Waals surface area contributed by atoms with Gasteiger partial charge in [-0.05, 0) is 24.8 Å². The van der Waals surface area contributed by atoms with Gasteiger partial charge in [-0.2, -0.15) is 0 Å². The minimum atomic E-state index is -2.00. The molecule has 0 aromatic carbocycles. The van der Waals surface area contributed by atoms with E-state index >= 15 is 0 Å². The van der Waals surface area contributed by atoms with Crippen LogP contribution in [0.15, 0.2) is 12.3 Å². The van der Waals surface area contributed by atoms with E-state index in [2.05, 4.69) is 0 Å². The van der Waals surface area contributed by atoms with E-state index in [1.165, 1.54) is 10.6 Å². The molecule has 0 atom stereocenters. The van der Waals surface area contributed by atoms with Crippen molar-refractivity contribution >= 4 is 46.4 Å². The van der Waals surface area contributed by atoms with Crippen LogP contribution in [0.1, 0.15) is 40.1 Å². The number of rotatable bonds is 4. The fourth-order valence-corrected chi connectivity index (χ4v) is 2.08. The summed E-state index contributed by atoms with van der Waals surface area (Å²) in [6.45, 7) is 0. The van der Waals surface area contributed by atoms with Gasteiger partial charge in [-0.15, -0.1) is 0 Å². The van der Waals surface area contributed by atoms with Gasteiger partial charge in [0.25, 0.3) is 3.79 Å². The number of ketones is 2. The van der Waals surface area contributed by atoms with Crippen molar-refractivity contribution < 1.29 is 9.59 Å². The van der Waals surface area contributed by atoms with Crippen molar-refractivity contribution in [3.8, 4) is 0 Å². The number of Topliss-reactive ketones (excluding diaryl/α,β-unsaturated/α-hetero) is 2. The molecule has 0 amide bonds. The Kier molecular flexibility index (Phi) is 3.77. The van der Waals surface area contributed by atoms with E-state index < -0.39 is 9.58 Å². The van der Waals surface area contributed by atoms with E-state index in [1.54, 1.807) is 13.2 Å². The van der Waals surface area contributed by atoms with Gasteiger partial charge < -0.3 is 4.57 Å². The second-order valence-electron chi connectivity index (χ2n) is 4.62. The summed E-state index contributed by atoms with van der Waals surface area (Å²) in [5.41, 5.74) is 0.733. The van der Waals surface area contributed by atoms with Gasteiger partial charge in [-0.25, -0.2) is 0 Å². The fourth-order valence-electron chi connectivity index (χ4n) is 1.79. The summed E-state index contributed by atoms with van der Waals surface area (Å²) in [4.78, 5) is 23.7. The topological polar surface area (TPSA) is 39.1 Å². The first-order chi connectivity index (χ1) is 8.29. The smallest absolute Gasteiger partial charge is 0.255 e. The summed E-state index contributed by atoms with van der Waals surface area (Å²) in [5.74, 6) is -0.0815. The predicted molar refractivity (Wildman–Crippen MR) is 71.7 cm³/mol. The Balaban J connectivity index is 2.20. The van der Waals surface area contributed by atoms with Crippen LogP contribution in [0.5, 0.6) is 0 Å². The lowest BCUT2D eigenvalue weighted by atomic mass is 10.1. The summed E-state index contributed by atoms with van der Waals surface area (Å²) in [5, 5.41) is 0. The zero-order valence-electron chi connectivity index (χ0n) is 9.75. The predicted octanol–water partition coefficient (Wildman–Crippen LogP) is 3.56. The number of carbonyl (C=O) groups excluding carboxylic acids is 2. The molecule has 0 spiro atoms. The van der Waals surface area contributed by atoms with Gasteiger partial charge in [0.2, 0.25) is 5.78 Å². The molecule has 0 bridgehead atoms.